The van der Waals surface area contributed by atoms with Crippen LogP contribution < -0.4 is 5.32 Å². The molecule has 1 heterocycles. The quantitative estimate of drug-likeness (QED) is 0.833. The number of likely N-dealkylation sites (tertiary alicyclic amines) is 1. The zero-order valence-electron chi connectivity index (χ0n) is 13.0. The molecule has 0 aromatic carbocycles. The maximum Gasteiger partial charge on any atom is 0.00940 e. The van der Waals surface area contributed by atoms with Crippen molar-refractivity contribution < 1.29 is 0 Å². The van der Waals surface area contributed by atoms with Gasteiger partial charge in [0.2, 0.25) is 0 Å². The first kappa shape index (κ1) is 15.7. The molecule has 0 radical (unpaired) electrons. The Labute approximate surface area is 124 Å². The average molecular weight is 285 g/mol. The average Bonchev–Trinajstić information content (AvgIpc) is 2.41. The molecule has 0 atom stereocenters. The van der Waals surface area contributed by atoms with Gasteiger partial charge in [0.15, 0.2) is 0 Å². The van der Waals surface area contributed by atoms with Crippen LogP contribution in [-0.2, 0) is 0 Å². The number of nitrogens with zero attached hydrogens (tertiary/aromatic N) is 1. The van der Waals surface area contributed by atoms with Crippen molar-refractivity contribution in [3.63, 3.8) is 0 Å². The molecule has 0 bridgehead atoms. The predicted molar refractivity (Wildman–Crippen MR) is 87.0 cm³/mol. The van der Waals surface area contributed by atoms with Crippen LogP contribution in [-0.4, -0.2) is 48.1 Å². The molecule has 2 rings (SSSR count). The van der Waals surface area contributed by atoms with E-state index in [1.54, 1.807) is 0 Å². The number of hydrogen-bond acceptors (Lipinski definition) is 3. The van der Waals surface area contributed by atoms with Gasteiger partial charge in [0.25, 0.3) is 0 Å². The van der Waals surface area contributed by atoms with E-state index in [0.717, 1.165) is 23.3 Å². The zero-order valence-corrected chi connectivity index (χ0v) is 13.8. The maximum absolute atomic E-state index is 3.94. The first-order valence-corrected chi connectivity index (χ1v) is 9.47. The van der Waals surface area contributed by atoms with Gasteiger partial charge < -0.3 is 10.2 Å². The fourth-order valence-electron chi connectivity index (χ4n) is 3.60. The van der Waals surface area contributed by atoms with Crippen LogP contribution >= 0.6 is 11.8 Å². The van der Waals surface area contributed by atoms with Crippen LogP contribution in [0.25, 0.3) is 0 Å². The van der Waals surface area contributed by atoms with Crippen molar-refractivity contribution in [3.8, 4) is 0 Å². The van der Waals surface area contributed by atoms with Gasteiger partial charge in [-0.15, -0.1) is 0 Å². The van der Waals surface area contributed by atoms with Gasteiger partial charge in [-0.25, -0.2) is 0 Å². The summed E-state index contributed by atoms with van der Waals surface area (Å²) in [4.78, 5) is 2.65. The Morgan fingerprint density at radius 1 is 1.00 bits per heavy atom. The van der Waals surface area contributed by atoms with Crippen LogP contribution in [0.1, 0.15) is 52.4 Å². The molecular formula is C16H32N2S. The normalized spacial score (nSPS) is 30.9. The summed E-state index contributed by atoms with van der Waals surface area (Å²) in [7, 11) is 0. The summed E-state index contributed by atoms with van der Waals surface area (Å²) in [6, 6.07) is 1.60. The molecule has 3 heteroatoms. The molecule has 19 heavy (non-hydrogen) atoms. The van der Waals surface area contributed by atoms with Crippen molar-refractivity contribution in [1.82, 2.24) is 10.2 Å². The summed E-state index contributed by atoms with van der Waals surface area (Å²) in [6.45, 7) is 8.54. The molecule has 1 aliphatic heterocycles. The summed E-state index contributed by atoms with van der Waals surface area (Å²) in [5.41, 5.74) is 0. The van der Waals surface area contributed by atoms with Crippen LogP contribution in [0.4, 0.5) is 0 Å². The summed E-state index contributed by atoms with van der Waals surface area (Å²) in [5, 5.41) is 4.88. The van der Waals surface area contributed by atoms with E-state index in [1.807, 2.05) is 0 Å². The summed E-state index contributed by atoms with van der Waals surface area (Å²) >= 11 is 2.07. The summed E-state index contributed by atoms with van der Waals surface area (Å²) < 4.78 is 0. The molecule has 1 aliphatic carbocycles. The number of thioether (sulfide) groups is 1. The molecule has 1 N–H and O–H groups in total. The highest BCUT2D eigenvalue weighted by atomic mass is 32.2. The molecule has 0 amide bonds. The monoisotopic (exact) mass is 284 g/mol. The molecule has 0 spiro atoms. The first-order valence-electron chi connectivity index (χ1n) is 8.18. The third-order valence-corrected chi connectivity index (χ3v) is 5.83. The van der Waals surface area contributed by atoms with Gasteiger partial charge in [0, 0.05) is 23.9 Å². The summed E-state index contributed by atoms with van der Waals surface area (Å²) in [6.07, 6.45) is 10.6. The minimum Gasteiger partial charge on any atom is -0.311 e. The highest BCUT2D eigenvalue weighted by molar-refractivity contribution is 7.99. The third-order valence-electron chi connectivity index (χ3n) is 4.69. The van der Waals surface area contributed by atoms with Crippen molar-refractivity contribution >= 4 is 11.8 Å². The van der Waals surface area contributed by atoms with Crippen LogP contribution in [0, 0.1) is 5.92 Å². The van der Waals surface area contributed by atoms with Crippen LogP contribution in [0.2, 0.25) is 0 Å². The lowest BCUT2D eigenvalue weighted by molar-refractivity contribution is 0.169. The van der Waals surface area contributed by atoms with E-state index in [-0.39, 0.29) is 0 Å². The lowest BCUT2D eigenvalue weighted by Gasteiger charge is -2.37. The SMILES string of the molecule is CSC1CCC(NC2CCN(CC(C)C)CC2)CC1. The van der Waals surface area contributed by atoms with Gasteiger partial charge in [-0.1, -0.05) is 13.8 Å². The Bertz CT molecular complexity index is 241. The molecule has 0 unspecified atom stereocenters. The van der Waals surface area contributed by atoms with E-state index < -0.39 is 0 Å². The van der Waals surface area contributed by atoms with E-state index in [4.69, 9.17) is 0 Å². The lowest BCUT2D eigenvalue weighted by Crippen LogP contribution is -2.47. The summed E-state index contributed by atoms with van der Waals surface area (Å²) in [5.74, 6) is 0.811. The van der Waals surface area contributed by atoms with E-state index in [9.17, 15) is 0 Å². The Kier molecular flexibility index (Phi) is 6.51. The Morgan fingerprint density at radius 3 is 2.11 bits per heavy atom. The molecule has 1 saturated carbocycles. The Hall–Kier alpha value is 0.270. The Morgan fingerprint density at radius 2 is 1.58 bits per heavy atom. The minimum absolute atomic E-state index is 0.791. The van der Waals surface area contributed by atoms with E-state index in [2.05, 4.69) is 42.1 Å². The van der Waals surface area contributed by atoms with E-state index >= 15 is 0 Å². The molecule has 1 saturated heterocycles. The first-order chi connectivity index (χ1) is 9.17. The predicted octanol–water partition coefficient (Wildman–Crippen LogP) is 3.37. The van der Waals surface area contributed by atoms with Crippen molar-refractivity contribution in [1.29, 1.82) is 0 Å². The molecular weight excluding hydrogens is 252 g/mol. The van der Waals surface area contributed by atoms with Gasteiger partial charge in [-0.3, -0.25) is 0 Å². The van der Waals surface area contributed by atoms with Crippen LogP contribution in [0.15, 0.2) is 0 Å². The lowest BCUT2D eigenvalue weighted by atomic mass is 9.93. The highest BCUT2D eigenvalue weighted by Crippen LogP contribution is 2.27. The fourth-order valence-corrected chi connectivity index (χ4v) is 4.34. The number of piperidine rings is 1. The van der Waals surface area contributed by atoms with Gasteiger partial charge in [-0.05, 0) is 63.8 Å². The van der Waals surface area contributed by atoms with Gasteiger partial charge in [0.05, 0.1) is 0 Å². The fraction of sp³-hybridized carbons (Fsp3) is 1.00. The highest BCUT2D eigenvalue weighted by Gasteiger charge is 2.25. The molecule has 2 nitrogen and oxygen atoms in total. The van der Waals surface area contributed by atoms with E-state index in [0.29, 0.717) is 0 Å². The molecule has 0 aromatic rings. The molecule has 0 aromatic heterocycles. The second-order valence-corrected chi connectivity index (χ2v) is 7.98. The van der Waals surface area contributed by atoms with Crippen LogP contribution in [0.3, 0.4) is 0 Å². The van der Waals surface area contributed by atoms with Crippen molar-refractivity contribution in [2.45, 2.75) is 69.7 Å². The van der Waals surface area contributed by atoms with Crippen molar-refractivity contribution in [2.24, 2.45) is 5.92 Å². The van der Waals surface area contributed by atoms with Crippen molar-refractivity contribution in [3.05, 3.63) is 0 Å². The Balaban J connectivity index is 1.63. The minimum atomic E-state index is 0.791. The topological polar surface area (TPSA) is 15.3 Å². The maximum atomic E-state index is 3.94. The molecule has 2 aliphatic rings. The number of rotatable bonds is 5. The zero-order chi connectivity index (χ0) is 13.7. The van der Waals surface area contributed by atoms with E-state index in [1.165, 1.54) is 58.2 Å². The third kappa shape index (κ3) is 5.28. The second-order valence-electron chi connectivity index (χ2n) is 6.84. The second kappa shape index (κ2) is 7.90. The van der Waals surface area contributed by atoms with Crippen molar-refractivity contribution in [2.75, 3.05) is 25.9 Å². The number of nitrogens with one attached hydrogen (secondary N) is 1. The van der Waals surface area contributed by atoms with Gasteiger partial charge >= 0.3 is 0 Å². The molecule has 2 fully saturated rings. The molecule has 112 valence electrons. The smallest absolute Gasteiger partial charge is 0.00940 e. The standard InChI is InChI=1S/C16H32N2S/c1-13(2)12-18-10-8-15(9-11-18)17-14-4-6-16(19-3)7-5-14/h13-17H,4-12H2,1-3H3. The van der Waals surface area contributed by atoms with Gasteiger partial charge in [-0.2, -0.15) is 11.8 Å². The largest absolute Gasteiger partial charge is 0.311 e. The number of hydrogen-bond donors (Lipinski definition) is 1. The van der Waals surface area contributed by atoms with Gasteiger partial charge in [0.1, 0.15) is 0 Å². The van der Waals surface area contributed by atoms with Crippen LogP contribution in [0.5, 0.6) is 0 Å².